The van der Waals surface area contributed by atoms with Gasteiger partial charge in [0.15, 0.2) is 6.10 Å². The van der Waals surface area contributed by atoms with Gasteiger partial charge in [-0.15, -0.1) is 0 Å². The second-order valence-corrected chi connectivity index (χ2v) is 23.8. The lowest BCUT2D eigenvalue weighted by atomic mass is 10.0. The van der Waals surface area contributed by atoms with E-state index in [0.717, 1.165) is 64.2 Å². The number of carbonyl (C=O) groups excluding carboxylic acids is 3. The summed E-state index contributed by atoms with van der Waals surface area (Å²) in [7, 11) is 0. The molecule has 6 nitrogen and oxygen atoms in total. The van der Waals surface area contributed by atoms with Crippen molar-refractivity contribution in [1.29, 1.82) is 0 Å². The predicted molar refractivity (Wildman–Crippen MR) is 335 cm³/mol. The molecule has 0 amide bonds. The Morgan fingerprint density at radius 1 is 0.260 bits per heavy atom. The van der Waals surface area contributed by atoms with Gasteiger partial charge in [-0.1, -0.05) is 347 Å². The van der Waals surface area contributed by atoms with Crippen LogP contribution in [0.25, 0.3) is 0 Å². The maximum atomic E-state index is 12.9. The van der Waals surface area contributed by atoms with Gasteiger partial charge in [0, 0.05) is 19.3 Å². The molecule has 0 aliphatic rings. The molecule has 0 aromatic carbocycles. The van der Waals surface area contributed by atoms with Gasteiger partial charge in [0.2, 0.25) is 0 Å². The summed E-state index contributed by atoms with van der Waals surface area (Å²) in [4.78, 5) is 38.4. The third kappa shape index (κ3) is 64.6. The van der Waals surface area contributed by atoms with Crippen molar-refractivity contribution in [1.82, 2.24) is 0 Å². The average Bonchev–Trinajstić information content (AvgIpc) is 3.43. The number of hydrogen-bond acceptors (Lipinski definition) is 6. The Bertz CT molecular complexity index is 1240. The first-order chi connectivity index (χ1) is 38.0. The Morgan fingerprint density at radius 3 is 0.714 bits per heavy atom. The van der Waals surface area contributed by atoms with Crippen LogP contribution in [0.4, 0.5) is 0 Å². The highest BCUT2D eigenvalue weighted by molar-refractivity contribution is 5.71. The number of allylic oxidation sites excluding steroid dienone is 4. The molecule has 0 aromatic rings. The molecule has 1 atom stereocenters. The SMILES string of the molecule is CCCCCCC/C=C\C/C=C\CCCCCCCCCCCCCCCCCC(=O)OCC(COC(=O)CCCCCCCCCCCCCCC)OC(=O)CCCCCCCCCCCCCCCCCCCCC. The second kappa shape index (κ2) is 66.4. The molecule has 0 aliphatic heterocycles. The summed E-state index contributed by atoms with van der Waals surface area (Å²) in [5.74, 6) is -0.831. The molecule has 6 heteroatoms. The number of unbranched alkanes of at least 4 members (excludes halogenated alkanes) is 50. The van der Waals surface area contributed by atoms with Crippen molar-refractivity contribution in [3.05, 3.63) is 24.3 Å². The molecule has 1 unspecified atom stereocenters. The Balaban J connectivity index is 4.20. The van der Waals surface area contributed by atoms with E-state index in [0.29, 0.717) is 19.3 Å². The molecule has 0 spiro atoms. The first-order valence-electron chi connectivity index (χ1n) is 34.8. The third-order valence-electron chi connectivity index (χ3n) is 16.0. The van der Waals surface area contributed by atoms with E-state index in [-0.39, 0.29) is 31.1 Å². The Kier molecular flexibility index (Phi) is 64.6. The van der Waals surface area contributed by atoms with Crippen LogP contribution in [-0.2, 0) is 28.6 Å². The van der Waals surface area contributed by atoms with Gasteiger partial charge in [-0.05, 0) is 51.4 Å². The lowest BCUT2D eigenvalue weighted by molar-refractivity contribution is -0.167. The summed E-state index contributed by atoms with van der Waals surface area (Å²) >= 11 is 0. The summed E-state index contributed by atoms with van der Waals surface area (Å²) in [6.07, 6.45) is 80.6. The molecule has 0 radical (unpaired) electrons. The standard InChI is InChI=1S/C71H134O6/c1-4-7-10-13-16-19-22-25-27-29-31-32-33-34-35-36-37-38-40-41-43-46-49-52-55-58-61-64-70(73)76-67-68(66-75-69(72)63-60-57-54-51-48-45-24-21-18-15-12-9-6-3)77-71(74)65-62-59-56-53-50-47-44-42-39-30-28-26-23-20-17-14-11-8-5-2/h22,25,29,31,68H,4-21,23-24,26-28,30,32-67H2,1-3H3/b25-22-,31-29-. The van der Waals surface area contributed by atoms with Gasteiger partial charge in [0.25, 0.3) is 0 Å². The fourth-order valence-electron chi connectivity index (χ4n) is 10.7. The fourth-order valence-corrected chi connectivity index (χ4v) is 10.7. The Hall–Kier alpha value is -2.11. The Labute approximate surface area is 481 Å². The first kappa shape index (κ1) is 74.9. The lowest BCUT2D eigenvalue weighted by Crippen LogP contribution is -2.30. The van der Waals surface area contributed by atoms with Crippen LogP contribution in [0.15, 0.2) is 24.3 Å². The van der Waals surface area contributed by atoms with Crippen molar-refractivity contribution in [2.24, 2.45) is 0 Å². The second-order valence-electron chi connectivity index (χ2n) is 23.8. The van der Waals surface area contributed by atoms with Crippen molar-refractivity contribution < 1.29 is 28.6 Å². The van der Waals surface area contributed by atoms with Gasteiger partial charge in [-0.2, -0.15) is 0 Å². The monoisotopic (exact) mass is 1080 g/mol. The minimum Gasteiger partial charge on any atom is -0.462 e. The number of rotatable bonds is 65. The molecule has 0 saturated carbocycles. The number of ether oxygens (including phenoxy) is 3. The van der Waals surface area contributed by atoms with Crippen molar-refractivity contribution in [3.63, 3.8) is 0 Å². The van der Waals surface area contributed by atoms with Crippen molar-refractivity contribution >= 4 is 17.9 Å². The third-order valence-corrected chi connectivity index (χ3v) is 16.0. The van der Waals surface area contributed by atoms with Crippen LogP contribution in [0.2, 0.25) is 0 Å². The average molecular weight is 1080 g/mol. The van der Waals surface area contributed by atoms with E-state index < -0.39 is 6.10 Å². The highest BCUT2D eigenvalue weighted by atomic mass is 16.6. The fraction of sp³-hybridized carbons (Fsp3) is 0.901. The summed E-state index contributed by atoms with van der Waals surface area (Å²) < 4.78 is 17.0. The minimum absolute atomic E-state index is 0.0637. The van der Waals surface area contributed by atoms with Gasteiger partial charge in [-0.3, -0.25) is 14.4 Å². The highest BCUT2D eigenvalue weighted by Crippen LogP contribution is 2.19. The zero-order chi connectivity index (χ0) is 55.7. The largest absolute Gasteiger partial charge is 0.462 e. The maximum absolute atomic E-state index is 12.9. The van der Waals surface area contributed by atoms with E-state index in [1.54, 1.807) is 0 Å². The molecule has 454 valence electrons. The van der Waals surface area contributed by atoms with Crippen molar-refractivity contribution in [2.45, 2.75) is 399 Å². The molecule has 0 rings (SSSR count). The van der Waals surface area contributed by atoms with E-state index in [4.69, 9.17) is 14.2 Å². The number of carbonyl (C=O) groups is 3. The van der Waals surface area contributed by atoms with E-state index in [9.17, 15) is 14.4 Å². The van der Waals surface area contributed by atoms with Crippen LogP contribution in [0, 0.1) is 0 Å². The van der Waals surface area contributed by atoms with E-state index in [2.05, 4.69) is 45.1 Å². The molecule has 0 aromatic heterocycles. The number of esters is 3. The van der Waals surface area contributed by atoms with Crippen LogP contribution in [0.3, 0.4) is 0 Å². The van der Waals surface area contributed by atoms with E-state index in [1.165, 1.54) is 289 Å². The molecule has 77 heavy (non-hydrogen) atoms. The van der Waals surface area contributed by atoms with Gasteiger partial charge in [-0.25, -0.2) is 0 Å². The van der Waals surface area contributed by atoms with E-state index in [1.807, 2.05) is 0 Å². The lowest BCUT2D eigenvalue weighted by Gasteiger charge is -2.18. The highest BCUT2D eigenvalue weighted by Gasteiger charge is 2.19. The molecule has 0 bridgehead atoms. The molecule has 0 fully saturated rings. The summed E-state index contributed by atoms with van der Waals surface area (Å²) in [6, 6.07) is 0. The maximum Gasteiger partial charge on any atom is 0.306 e. The van der Waals surface area contributed by atoms with Crippen LogP contribution in [0.5, 0.6) is 0 Å². The van der Waals surface area contributed by atoms with Gasteiger partial charge < -0.3 is 14.2 Å². The van der Waals surface area contributed by atoms with Crippen LogP contribution < -0.4 is 0 Å². The van der Waals surface area contributed by atoms with Crippen LogP contribution in [-0.4, -0.2) is 37.2 Å². The molecule has 0 N–H and O–H groups in total. The topological polar surface area (TPSA) is 78.9 Å². The Morgan fingerprint density at radius 2 is 0.468 bits per heavy atom. The zero-order valence-electron chi connectivity index (χ0n) is 52.3. The summed E-state index contributed by atoms with van der Waals surface area (Å²) in [5, 5.41) is 0. The molecular formula is C71H134O6. The molecule has 0 aliphatic carbocycles. The smallest absolute Gasteiger partial charge is 0.306 e. The molecule has 0 saturated heterocycles. The summed E-state index contributed by atoms with van der Waals surface area (Å²) in [6.45, 7) is 6.71. The van der Waals surface area contributed by atoms with Gasteiger partial charge in [0.05, 0.1) is 0 Å². The van der Waals surface area contributed by atoms with Crippen LogP contribution >= 0.6 is 0 Å². The predicted octanol–water partition coefficient (Wildman–Crippen LogP) is 23.8. The normalized spacial score (nSPS) is 12.1. The number of hydrogen-bond donors (Lipinski definition) is 0. The van der Waals surface area contributed by atoms with E-state index >= 15 is 0 Å². The zero-order valence-corrected chi connectivity index (χ0v) is 52.3. The van der Waals surface area contributed by atoms with Gasteiger partial charge >= 0.3 is 17.9 Å². The van der Waals surface area contributed by atoms with Gasteiger partial charge in [0.1, 0.15) is 13.2 Å². The van der Waals surface area contributed by atoms with Crippen LogP contribution in [0.1, 0.15) is 393 Å². The van der Waals surface area contributed by atoms with Crippen molar-refractivity contribution in [2.75, 3.05) is 13.2 Å². The quantitative estimate of drug-likeness (QED) is 0.0261. The first-order valence-corrected chi connectivity index (χ1v) is 34.8. The minimum atomic E-state index is -0.766. The molecular weight excluding hydrogens is 949 g/mol. The molecule has 0 heterocycles. The van der Waals surface area contributed by atoms with Crippen molar-refractivity contribution in [3.8, 4) is 0 Å². The summed E-state index contributed by atoms with van der Waals surface area (Å²) in [5.41, 5.74) is 0.